The third kappa shape index (κ3) is 4.88. The largest absolute Gasteiger partial charge is 0.330 e. The Kier molecular flexibility index (Phi) is 6.22. The Morgan fingerprint density at radius 3 is 2.82 bits per heavy atom. The van der Waals surface area contributed by atoms with Crippen LogP contribution in [0.3, 0.4) is 0 Å². The van der Waals surface area contributed by atoms with Gasteiger partial charge in [-0.05, 0) is 49.6 Å². The third-order valence-electron chi connectivity index (χ3n) is 2.58. The van der Waals surface area contributed by atoms with Gasteiger partial charge in [-0.3, -0.25) is 4.79 Å². The topological polar surface area (TPSA) is 55.1 Å². The minimum atomic E-state index is 0.0653. The van der Waals surface area contributed by atoms with Crippen LogP contribution in [-0.2, 0) is 11.2 Å². The lowest BCUT2D eigenvalue weighted by atomic mass is 10.1. The molecule has 0 fully saturated rings. The molecule has 17 heavy (non-hydrogen) atoms. The van der Waals surface area contributed by atoms with Crippen molar-refractivity contribution in [1.29, 1.82) is 0 Å². The van der Waals surface area contributed by atoms with Gasteiger partial charge >= 0.3 is 0 Å². The number of rotatable bonds is 6. The van der Waals surface area contributed by atoms with Gasteiger partial charge in [0.15, 0.2) is 0 Å². The zero-order chi connectivity index (χ0) is 12.7. The molecule has 0 spiro atoms. The molecule has 0 bridgehead atoms. The van der Waals surface area contributed by atoms with Crippen molar-refractivity contribution in [3.05, 3.63) is 28.2 Å². The summed E-state index contributed by atoms with van der Waals surface area (Å²) in [6.07, 6.45) is 3.18. The summed E-state index contributed by atoms with van der Waals surface area (Å²) in [6, 6.07) is 5.91. The third-order valence-corrected chi connectivity index (χ3v) is 3.07. The van der Waals surface area contributed by atoms with Crippen LogP contribution < -0.4 is 11.1 Å². The second kappa shape index (κ2) is 7.45. The summed E-state index contributed by atoms with van der Waals surface area (Å²) >= 11 is 3.43. The average Bonchev–Trinajstić information content (AvgIpc) is 2.32. The van der Waals surface area contributed by atoms with Gasteiger partial charge in [0.1, 0.15) is 0 Å². The first-order valence-corrected chi connectivity index (χ1v) is 6.75. The van der Waals surface area contributed by atoms with Crippen molar-refractivity contribution in [2.24, 2.45) is 5.73 Å². The van der Waals surface area contributed by atoms with Crippen LogP contribution in [0.4, 0.5) is 5.69 Å². The number of anilines is 1. The zero-order valence-corrected chi connectivity index (χ0v) is 11.7. The van der Waals surface area contributed by atoms with Crippen LogP contribution in [-0.4, -0.2) is 12.5 Å². The first-order valence-electron chi connectivity index (χ1n) is 5.95. The second-order valence-corrected chi connectivity index (χ2v) is 4.86. The maximum Gasteiger partial charge on any atom is 0.224 e. The number of hydrogen-bond acceptors (Lipinski definition) is 2. The van der Waals surface area contributed by atoms with E-state index in [4.69, 9.17) is 5.73 Å². The Morgan fingerprint density at radius 1 is 1.41 bits per heavy atom. The van der Waals surface area contributed by atoms with Crippen LogP contribution >= 0.6 is 15.9 Å². The maximum atomic E-state index is 11.7. The van der Waals surface area contributed by atoms with Gasteiger partial charge in [0, 0.05) is 16.6 Å². The quantitative estimate of drug-likeness (QED) is 0.793. The number of aryl methyl sites for hydroxylation is 1. The van der Waals surface area contributed by atoms with Gasteiger partial charge in [0.25, 0.3) is 0 Å². The Labute approximate surface area is 111 Å². The SMILES string of the molecule is CCc1cc(Br)ccc1NC(=O)CCCCN. The van der Waals surface area contributed by atoms with Gasteiger partial charge in [-0.2, -0.15) is 0 Å². The number of carbonyl (C=O) groups is 1. The molecule has 0 unspecified atom stereocenters. The summed E-state index contributed by atoms with van der Waals surface area (Å²) < 4.78 is 1.04. The van der Waals surface area contributed by atoms with E-state index < -0.39 is 0 Å². The number of nitrogens with one attached hydrogen (secondary N) is 1. The molecular formula is C13H19BrN2O. The fraction of sp³-hybridized carbons (Fsp3) is 0.462. The van der Waals surface area contributed by atoms with Crippen molar-refractivity contribution in [3.63, 3.8) is 0 Å². The fourth-order valence-electron chi connectivity index (χ4n) is 1.62. The second-order valence-electron chi connectivity index (χ2n) is 3.95. The Hall–Kier alpha value is -0.870. The molecule has 3 N–H and O–H groups in total. The number of amides is 1. The van der Waals surface area contributed by atoms with Crippen LogP contribution in [0.5, 0.6) is 0 Å². The van der Waals surface area contributed by atoms with Crippen LogP contribution in [0, 0.1) is 0 Å². The molecule has 0 atom stereocenters. The van der Waals surface area contributed by atoms with E-state index in [2.05, 4.69) is 28.2 Å². The van der Waals surface area contributed by atoms with E-state index in [-0.39, 0.29) is 5.91 Å². The molecule has 0 aliphatic rings. The van der Waals surface area contributed by atoms with E-state index in [1.165, 1.54) is 0 Å². The molecule has 1 rings (SSSR count). The lowest BCUT2D eigenvalue weighted by Gasteiger charge is -2.10. The van der Waals surface area contributed by atoms with E-state index in [9.17, 15) is 4.79 Å². The number of halogens is 1. The lowest BCUT2D eigenvalue weighted by Crippen LogP contribution is -2.13. The Morgan fingerprint density at radius 2 is 2.18 bits per heavy atom. The van der Waals surface area contributed by atoms with Crippen molar-refractivity contribution < 1.29 is 4.79 Å². The van der Waals surface area contributed by atoms with Crippen LogP contribution in [0.25, 0.3) is 0 Å². The summed E-state index contributed by atoms with van der Waals surface area (Å²) in [5.74, 6) is 0.0653. The van der Waals surface area contributed by atoms with Gasteiger partial charge in [-0.25, -0.2) is 0 Å². The highest BCUT2D eigenvalue weighted by molar-refractivity contribution is 9.10. The minimum absolute atomic E-state index is 0.0653. The minimum Gasteiger partial charge on any atom is -0.330 e. The molecule has 0 saturated carbocycles. The van der Waals surface area contributed by atoms with Crippen molar-refractivity contribution in [2.45, 2.75) is 32.6 Å². The molecular weight excluding hydrogens is 280 g/mol. The molecule has 0 saturated heterocycles. The lowest BCUT2D eigenvalue weighted by molar-refractivity contribution is -0.116. The number of nitrogens with two attached hydrogens (primary N) is 1. The smallest absolute Gasteiger partial charge is 0.224 e. The van der Waals surface area contributed by atoms with Gasteiger partial charge in [-0.15, -0.1) is 0 Å². The van der Waals surface area contributed by atoms with Crippen LogP contribution in [0.15, 0.2) is 22.7 Å². The van der Waals surface area contributed by atoms with Gasteiger partial charge in [-0.1, -0.05) is 22.9 Å². The molecule has 4 heteroatoms. The molecule has 3 nitrogen and oxygen atoms in total. The van der Waals surface area contributed by atoms with Gasteiger partial charge in [0.05, 0.1) is 0 Å². The number of hydrogen-bond donors (Lipinski definition) is 2. The molecule has 1 aromatic carbocycles. The summed E-state index contributed by atoms with van der Waals surface area (Å²) in [4.78, 5) is 11.7. The van der Waals surface area contributed by atoms with Crippen molar-refractivity contribution >= 4 is 27.5 Å². The van der Waals surface area contributed by atoms with Crippen LogP contribution in [0.1, 0.15) is 31.7 Å². The molecule has 0 heterocycles. The highest BCUT2D eigenvalue weighted by atomic mass is 79.9. The van der Waals surface area contributed by atoms with Crippen molar-refractivity contribution in [2.75, 3.05) is 11.9 Å². The first-order chi connectivity index (χ1) is 8.17. The monoisotopic (exact) mass is 298 g/mol. The normalized spacial score (nSPS) is 10.3. The molecule has 0 aromatic heterocycles. The summed E-state index contributed by atoms with van der Waals surface area (Å²) in [5.41, 5.74) is 7.45. The standard InChI is InChI=1S/C13H19BrN2O/c1-2-10-9-11(14)6-7-12(10)16-13(17)5-3-4-8-15/h6-7,9H,2-5,8,15H2,1H3,(H,16,17). The van der Waals surface area contributed by atoms with Crippen molar-refractivity contribution in [3.8, 4) is 0 Å². The van der Waals surface area contributed by atoms with E-state index in [1.54, 1.807) is 0 Å². The Balaban J connectivity index is 2.58. The van der Waals surface area contributed by atoms with Gasteiger partial charge < -0.3 is 11.1 Å². The first kappa shape index (κ1) is 14.2. The summed E-state index contributed by atoms with van der Waals surface area (Å²) in [5, 5.41) is 2.95. The Bertz CT molecular complexity index is 380. The molecule has 0 radical (unpaired) electrons. The maximum absolute atomic E-state index is 11.7. The summed E-state index contributed by atoms with van der Waals surface area (Å²) in [6.45, 7) is 2.72. The molecule has 1 aromatic rings. The van der Waals surface area contributed by atoms with Gasteiger partial charge in [0.2, 0.25) is 5.91 Å². The number of benzene rings is 1. The predicted octanol–water partition coefficient (Wildman–Crippen LogP) is 3.08. The van der Waals surface area contributed by atoms with E-state index >= 15 is 0 Å². The number of carbonyl (C=O) groups excluding carboxylic acids is 1. The number of unbranched alkanes of at least 4 members (excludes halogenated alkanes) is 1. The van der Waals surface area contributed by atoms with Crippen molar-refractivity contribution in [1.82, 2.24) is 0 Å². The molecule has 1 amide bonds. The average molecular weight is 299 g/mol. The van der Waals surface area contributed by atoms with E-state index in [1.807, 2.05) is 18.2 Å². The van der Waals surface area contributed by atoms with Crippen LogP contribution in [0.2, 0.25) is 0 Å². The van der Waals surface area contributed by atoms with E-state index in [0.29, 0.717) is 13.0 Å². The highest BCUT2D eigenvalue weighted by Crippen LogP contribution is 2.21. The van der Waals surface area contributed by atoms with E-state index in [0.717, 1.165) is 35.0 Å². The predicted molar refractivity (Wildman–Crippen MR) is 75.1 cm³/mol. The highest BCUT2D eigenvalue weighted by Gasteiger charge is 2.06. The zero-order valence-electron chi connectivity index (χ0n) is 10.1. The summed E-state index contributed by atoms with van der Waals surface area (Å²) in [7, 11) is 0. The molecule has 94 valence electrons. The fourth-order valence-corrected chi connectivity index (χ4v) is 2.03. The molecule has 0 aliphatic heterocycles. The molecule has 0 aliphatic carbocycles.